The molecule has 0 unspecified atom stereocenters. The number of hydrogen-bond donors (Lipinski definition) is 1. The fourth-order valence-corrected chi connectivity index (χ4v) is 4.57. The standard InChI is InChI=1S/C16H17FN3O4P/c17-16-4-2-13(10-18-16)24-15-9-12(1-3-14(15)21)11-23-25(22,19-5-6-19)20-7-8-20/h1-4,9-10,21H,5-8,11H2. The Hall–Kier alpha value is -1.99. The van der Waals surface area contributed by atoms with Gasteiger partial charge in [0.2, 0.25) is 5.95 Å². The maximum atomic E-state index is 12.9. The maximum absolute atomic E-state index is 12.9. The third-order valence-electron chi connectivity index (χ3n) is 3.91. The Labute approximate surface area is 144 Å². The van der Waals surface area contributed by atoms with Crippen molar-refractivity contribution in [2.24, 2.45) is 0 Å². The predicted molar refractivity (Wildman–Crippen MR) is 87.9 cm³/mol. The van der Waals surface area contributed by atoms with Crippen molar-refractivity contribution in [2.75, 3.05) is 26.2 Å². The number of phenols is 1. The minimum absolute atomic E-state index is 0.0619. The summed E-state index contributed by atoms with van der Waals surface area (Å²) in [7, 11) is -2.89. The van der Waals surface area contributed by atoms with Crippen molar-refractivity contribution in [2.45, 2.75) is 6.61 Å². The molecule has 4 rings (SSSR count). The van der Waals surface area contributed by atoms with E-state index in [2.05, 4.69) is 4.98 Å². The molecule has 2 aliphatic heterocycles. The quantitative estimate of drug-likeness (QED) is 0.459. The van der Waals surface area contributed by atoms with Crippen molar-refractivity contribution < 1.29 is 23.3 Å². The second-order valence-electron chi connectivity index (χ2n) is 5.89. The number of halogens is 1. The van der Waals surface area contributed by atoms with Crippen LogP contribution >= 0.6 is 7.67 Å². The lowest BCUT2D eigenvalue weighted by atomic mass is 10.2. The summed E-state index contributed by atoms with van der Waals surface area (Å²) in [5.74, 6) is -0.177. The summed E-state index contributed by atoms with van der Waals surface area (Å²) in [4.78, 5) is 3.50. The smallest absolute Gasteiger partial charge is 0.346 e. The molecule has 2 aliphatic rings. The second-order valence-corrected chi connectivity index (χ2v) is 8.26. The molecule has 0 saturated carbocycles. The minimum atomic E-state index is -2.89. The molecule has 1 aromatic carbocycles. The van der Waals surface area contributed by atoms with Gasteiger partial charge in [0.25, 0.3) is 0 Å². The fourth-order valence-electron chi connectivity index (χ4n) is 2.38. The first-order valence-corrected chi connectivity index (χ1v) is 9.44. The average Bonchev–Trinajstić information content (AvgIpc) is 3.49. The molecule has 25 heavy (non-hydrogen) atoms. The molecule has 0 radical (unpaired) electrons. The average molecular weight is 365 g/mol. The van der Waals surface area contributed by atoms with Crippen LogP contribution in [0.25, 0.3) is 0 Å². The van der Waals surface area contributed by atoms with Gasteiger partial charge in [-0.1, -0.05) is 6.07 Å². The highest BCUT2D eigenvalue weighted by Crippen LogP contribution is 2.61. The van der Waals surface area contributed by atoms with Crippen LogP contribution in [-0.2, 0) is 15.7 Å². The van der Waals surface area contributed by atoms with E-state index in [1.165, 1.54) is 24.4 Å². The number of pyridine rings is 1. The molecule has 9 heteroatoms. The molecular formula is C16H17FN3O4P. The van der Waals surface area contributed by atoms with Crippen LogP contribution in [0.3, 0.4) is 0 Å². The van der Waals surface area contributed by atoms with E-state index in [4.69, 9.17) is 9.26 Å². The molecule has 0 aliphatic carbocycles. The molecule has 0 bridgehead atoms. The Kier molecular flexibility index (Phi) is 4.21. The summed E-state index contributed by atoms with van der Waals surface area (Å²) < 4.78 is 40.7. The van der Waals surface area contributed by atoms with Crippen LogP contribution in [0.2, 0.25) is 0 Å². The van der Waals surface area contributed by atoms with Gasteiger partial charge in [0.15, 0.2) is 11.5 Å². The van der Waals surface area contributed by atoms with Crippen molar-refractivity contribution in [3.63, 3.8) is 0 Å². The van der Waals surface area contributed by atoms with Crippen molar-refractivity contribution in [1.29, 1.82) is 0 Å². The predicted octanol–water partition coefficient (Wildman–Crippen LogP) is 2.97. The van der Waals surface area contributed by atoms with Crippen molar-refractivity contribution in [1.82, 2.24) is 14.3 Å². The zero-order valence-electron chi connectivity index (χ0n) is 13.3. The topological polar surface area (TPSA) is 74.7 Å². The van der Waals surface area contributed by atoms with Gasteiger partial charge in [-0.05, 0) is 29.8 Å². The number of phenolic OH excluding ortho intramolecular Hbond substituents is 1. The Morgan fingerprint density at radius 2 is 1.88 bits per heavy atom. The van der Waals surface area contributed by atoms with Gasteiger partial charge in [-0.25, -0.2) is 14.3 Å². The van der Waals surface area contributed by atoms with E-state index in [1.807, 2.05) is 9.34 Å². The molecule has 132 valence electrons. The van der Waals surface area contributed by atoms with Gasteiger partial charge in [0.1, 0.15) is 5.75 Å². The number of nitrogens with zero attached hydrogens (tertiary/aromatic N) is 3. The highest BCUT2D eigenvalue weighted by atomic mass is 31.2. The summed E-state index contributed by atoms with van der Waals surface area (Å²) in [6.45, 7) is 3.29. The Morgan fingerprint density at radius 3 is 2.48 bits per heavy atom. The molecule has 7 nitrogen and oxygen atoms in total. The third-order valence-corrected chi connectivity index (χ3v) is 6.61. The van der Waals surface area contributed by atoms with Gasteiger partial charge in [0.05, 0.1) is 12.8 Å². The molecule has 0 atom stereocenters. The van der Waals surface area contributed by atoms with Crippen molar-refractivity contribution in [3.05, 3.63) is 48.0 Å². The Morgan fingerprint density at radius 1 is 1.16 bits per heavy atom. The molecule has 1 aromatic heterocycles. The number of ether oxygens (including phenoxy) is 1. The van der Waals surface area contributed by atoms with Crippen LogP contribution in [-0.4, -0.2) is 45.6 Å². The monoisotopic (exact) mass is 365 g/mol. The Bertz CT molecular complexity index is 809. The van der Waals surface area contributed by atoms with Crippen molar-refractivity contribution in [3.8, 4) is 17.2 Å². The highest BCUT2D eigenvalue weighted by molar-refractivity contribution is 7.54. The Balaban J connectivity index is 1.47. The normalized spacial score (nSPS) is 17.5. The van der Waals surface area contributed by atoms with Crippen LogP contribution in [0, 0.1) is 5.95 Å². The van der Waals surface area contributed by atoms with Crippen LogP contribution < -0.4 is 4.74 Å². The van der Waals surface area contributed by atoms with E-state index in [0.29, 0.717) is 11.3 Å². The van der Waals surface area contributed by atoms with Gasteiger partial charge >= 0.3 is 7.67 Å². The van der Waals surface area contributed by atoms with Crippen LogP contribution in [0.15, 0.2) is 36.5 Å². The van der Waals surface area contributed by atoms with E-state index in [1.54, 1.807) is 12.1 Å². The first-order valence-electron chi connectivity index (χ1n) is 7.91. The van der Waals surface area contributed by atoms with Gasteiger partial charge in [-0.2, -0.15) is 4.39 Å². The van der Waals surface area contributed by atoms with Crippen LogP contribution in [0.5, 0.6) is 17.2 Å². The summed E-state index contributed by atoms with van der Waals surface area (Å²) in [6.07, 6.45) is 1.23. The molecule has 2 aromatic rings. The van der Waals surface area contributed by atoms with Gasteiger partial charge < -0.3 is 14.4 Å². The first kappa shape index (κ1) is 16.5. The number of rotatable bonds is 7. The van der Waals surface area contributed by atoms with E-state index in [-0.39, 0.29) is 18.1 Å². The van der Waals surface area contributed by atoms with E-state index in [0.717, 1.165) is 26.2 Å². The first-order chi connectivity index (χ1) is 12.0. The summed E-state index contributed by atoms with van der Waals surface area (Å²) in [5.41, 5.74) is 0.715. The highest BCUT2D eigenvalue weighted by Gasteiger charge is 2.49. The summed E-state index contributed by atoms with van der Waals surface area (Å²) >= 11 is 0. The molecule has 2 fully saturated rings. The van der Waals surface area contributed by atoms with E-state index in [9.17, 15) is 14.1 Å². The molecule has 2 saturated heterocycles. The molecular weight excluding hydrogens is 348 g/mol. The zero-order valence-corrected chi connectivity index (χ0v) is 14.2. The van der Waals surface area contributed by atoms with Crippen molar-refractivity contribution >= 4 is 7.67 Å². The number of benzene rings is 1. The molecule has 0 amide bonds. The number of aromatic hydroxyl groups is 1. The molecule has 3 heterocycles. The fraction of sp³-hybridized carbons (Fsp3) is 0.312. The lowest BCUT2D eigenvalue weighted by Gasteiger charge is -2.20. The lowest BCUT2D eigenvalue weighted by molar-refractivity contribution is 0.263. The largest absolute Gasteiger partial charge is 0.504 e. The van der Waals surface area contributed by atoms with E-state index >= 15 is 0 Å². The third kappa shape index (κ3) is 3.67. The van der Waals surface area contributed by atoms with Gasteiger partial charge in [-0.15, -0.1) is 0 Å². The maximum Gasteiger partial charge on any atom is 0.346 e. The zero-order chi connectivity index (χ0) is 17.4. The molecule has 0 spiro atoms. The summed E-state index contributed by atoms with van der Waals surface area (Å²) in [6, 6.07) is 7.35. The van der Waals surface area contributed by atoms with Gasteiger partial charge in [0, 0.05) is 26.2 Å². The number of hydrogen-bond acceptors (Lipinski definition) is 5. The van der Waals surface area contributed by atoms with E-state index < -0.39 is 13.6 Å². The van der Waals surface area contributed by atoms with Crippen LogP contribution in [0.1, 0.15) is 5.56 Å². The number of aromatic nitrogens is 1. The minimum Gasteiger partial charge on any atom is -0.504 e. The van der Waals surface area contributed by atoms with Crippen LogP contribution in [0.4, 0.5) is 4.39 Å². The molecule has 1 N–H and O–H groups in total. The SMILES string of the molecule is O=P(OCc1ccc(O)c(Oc2ccc(F)nc2)c1)(N1CC1)N1CC1. The van der Waals surface area contributed by atoms with Gasteiger partial charge in [-0.3, -0.25) is 4.57 Å². The lowest BCUT2D eigenvalue weighted by Crippen LogP contribution is -2.07. The second kappa shape index (κ2) is 6.38. The summed E-state index contributed by atoms with van der Waals surface area (Å²) in [5, 5.41) is 9.94.